The summed E-state index contributed by atoms with van der Waals surface area (Å²) >= 11 is 1.40. The van der Waals surface area contributed by atoms with Crippen molar-refractivity contribution in [2.45, 2.75) is 50.5 Å². The molecule has 1 atom stereocenters. The number of benzene rings is 1. The molecule has 30 heavy (non-hydrogen) atoms. The Kier molecular flexibility index (Phi) is 5.16. The van der Waals surface area contributed by atoms with E-state index in [2.05, 4.69) is 4.98 Å². The highest BCUT2D eigenvalue weighted by Crippen LogP contribution is 2.40. The molecule has 1 unspecified atom stereocenters. The van der Waals surface area contributed by atoms with E-state index in [1.807, 2.05) is 20.8 Å². The molecule has 1 aliphatic rings. The number of thiophene rings is 1. The minimum absolute atomic E-state index is 0.0317. The molecule has 1 aromatic carbocycles. The Morgan fingerprint density at radius 2 is 1.97 bits per heavy atom. The number of hydrogen-bond acceptors (Lipinski definition) is 6. The maximum atomic E-state index is 13.3. The van der Waals surface area contributed by atoms with Crippen molar-refractivity contribution in [3.63, 3.8) is 0 Å². The topological polar surface area (TPSA) is 106 Å². The van der Waals surface area contributed by atoms with Crippen molar-refractivity contribution in [3.05, 3.63) is 51.8 Å². The molecule has 9 heteroatoms. The first kappa shape index (κ1) is 20.9. The fraction of sp³-hybridized carbons (Fsp3) is 0.381. The number of nitrogens with zero attached hydrogens (tertiary/aromatic N) is 3. The van der Waals surface area contributed by atoms with Crippen molar-refractivity contribution < 1.29 is 13.2 Å². The summed E-state index contributed by atoms with van der Waals surface area (Å²) in [5.41, 5.74) is 2.49. The Bertz CT molecular complexity index is 1260. The van der Waals surface area contributed by atoms with E-state index in [-0.39, 0.29) is 16.8 Å². The number of nitrogens with two attached hydrogens (primary N) is 1. The third-order valence-corrected chi connectivity index (χ3v) is 7.78. The van der Waals surface area contributed by atoms with Gasteiger partial charge >= 0.3 is 0 Å². The van der Waals surface area contributed by atoms with Gasteiger partial charge in [0.25, 0.3) is 5.91 Å². The van der Waals surface area contributed by atoms with Gasteiger partial charge in [0.1, 0.15) is 10.7 Å². The summed E-state index contributed by atoms with van der Waals surface area (Å²) < 4.78 is 23.3. The van der Waals surface area contributed by atoms with Crippen LogP contribution in [-0.2, 0) is 10.0 Å². The highest BCUT2D eigenvalue weighted by Gasteiger charge is 2.29. The molecule has 1 fully saturated rings. The van der Waals surface area contributed by atoms with Crippen LogP contribution in [0.3, 0.4) is 0 Å². The molecule has 2 N–H and O–H groups in total. The van der Waals surface area contributed by atoms with Gasteiger partial charge in [-0.25, -0.2) is 23.5 Å². The van der Waals surface area contributed by atoms with Crippen LogP contribution in [0.2, 0.25) is 0 Å². The van der Waals surface area contributed by atoms with Gasteiger partial charge in [-0.05, 0) is 56.9 Å². The van der Waals surface area contributed by atoms with Gasteiger partial charge in [-0.15, -0.1) is 11.3 Å². The van der Waals surface area contributed by atoms with Gasteiger partial charge in [0.15, 0.2) is 0 Å². The average Bonchev–Trinajstić information content (AvgIpc) is 3.49. The first-order valence-electron chi connectivity index (χ1n) is 9.75. The smallest absolute Gasteiger partial charge is 0.264 e. The minimum atomic E-state index is -3.81. The number of fused-ring (bicyclic) bond motifs is 1. The number of sulfonamides is 1. The maximum Gasteiger partial charge on any atom is 0.264 e. The van der Waals surface area contributed by atoms with Crippen molar-refractivity contribution in [1.82, 2.24) is 14.9 Å². The molecule has 1 aliphatic carbocycles. The van der Waals surface area contributed by atoms with Crippen LogP contribution in [0.15, 0.2) is 29.2 Å². The van der Waals surface area contributed by atoms with Crippen LogP contribution >= 0.6 is 11.3 Å². The maximum absolute atomic E-state index is 13.3. The zero-order valence-corrected chi connectivity index (χ0v) is 19.0. The van der Waals surface area contributed by atoms with E-state index in [0.717, 1.165) is 40.1 Å². The molecule has 2 heterocycles. The SMILES string of the molecule is Cc1nc(C2CC2)nc2sc(C(=O)N(C)C(C)c3cccc(S(N)(=O)=O)c3)c(C)c12. The molecule has 0 spiro atoms. The predicted octanol–water partition coefficient (Wildman–Crippen LogP) is 3.67. The molecule has 1 amide bonds. The first-order valence-corrected chi connectivity index (χ1v) is 12.1. The molecule has 0 aliphatic heterocycles. The number of amides is 1. The van der Waals surface area contributed by atoms with E-state index < -0.39 is 10.0 Å². The summed E-state index contributed by atoms with van der Waals surface area (Å²) in [4.78, 5) is 25.8. The molecule has 1 saturated carbocycles. The van der Waals surface area contributed by atoms with Gasteiger partial charge in [-0.1, -0.05) is 12.1 Å². The number of carbonyl (C=O) groups excluding carboxylic acids is 1. The molecule has 0 bridgehead atoms. The second kappa shape index (κ2) is 7.40. The van der Waals surface area contributed by atoms with Crippen LogP contribution in [0, 0.1) is 13.8 Å². The average molecular weight is 445 g/mol. The van der Waals surface area contributed by atoms with E-state index in [4.69, 9.17) is 10.1 Å². The summed E-state index contributed by atoms with van der Waals surface area (Å²) in [5.74, 6) is 1.20. The van der Waals surface area contributed by atoms with Gasteiger partial charge in [-0.3, -0.25) is 4.79 Å². The zero-order chi connectivity index (χ0) is 21.8. The van der Waals surface area contributed by atoms with Crippen molar-refractivity contribution >= 4 is 37.5 Å². The Morgan fingerprint density at radius 1 is 1.27 bits per heavy atom. The molecule has 158 valence electrons. The van der Waals surface area contributed by atoms with Crippen molar-refractivity contribution in [2.75, 3.05) is 7.05 Å². The standard InChI is InChI=1S/C21H24N4O3S2/c1-11-17-12(2)23-19(14-8-9-14)24-20(17)29-18(11)21(26)25(4)13(3)15-6-5-7-16(10-15)30(22,27)28/h5-7,10,13-14H,8-9H2,1-4H3,(H2,22,27,28). The Balaban J connectivity index is 1.68. The quantitative estimate of drug-likeness (QED) is 0.646. The summed E-state index contributed by atoms with van der Waals surface area (Å²) in [6, 6.07) is 6.05. The van der Waals surface area contributed by atoms with E-state index >= 15 is 0 Å². The number of carbonyl (C=O) groups is 1. The van der Waals surface area contributed by atoms with E-state index in [9.17, 15) is 13.2 Å². The van der Waals surface area contributed by atoms with E-state index in [1.165, 1.54) is 23.5 Å². The minimum Gasteiger partial charge on any atom is -0.334 e. The molecule has 7 nitrogen and oxygen atoms in total. The molecular formula is C21H24N4O3S2. The van der Waals surface area contributed by atoms with Crippen LogP contribution in [0.4, 0.5) is 0 Å². The summed E-state index contributed by atoms with van der Waals surface area (Å²) in [5, 5.41) is 6.20. The molecular weight excluding hydrogens is 420 g/mol. The number of aromatic nitrogens is 2. The molecule has 0 radical (unpaired) electrons. The Hall–Kier alpha value is -2.36. The van der Waals surface area contributed by atoms with Gasteiger partial charge < -0.3 is 4.90 Å². The molecule has 2 aromatic heterocycles. The highest BCUT2D eigenvalue weighted by atomic mass is 32.2. The molecule has 4 rings (SSSR count). The normalized spacial score (nSPS) is 15.4. The highest BCUT2D eigenvalue weighted by molar-refractivity contribution is 7.89. The van der Waals surface area contributed by atoms with Gasteiger partial charge in [0, 0.05) is 18.4 Å². The van der Waals surface area contributed by atoms with Gasteiger partial charge in [-0.2, -0.15) is 0 Å². The first-order chi connectivity index (χ1) is 14.1. The van der Waals surface area contributed by atoms with E-state index in [1.54, 1.807) is 24.1 Å². The predicted molar refractivity (Wildman–Crippen MR) is 117 cm³/mol. The number of hydrogen-bond donors (Lipinski definition) is 1. The van der Waals surface area contributed by atoms with Crippen LogP contribution in [-0.4, -0.2) is 36.2 Å². The third-order valence-electron chi connectivity index (χ3n) is 5.70. The summed E-state index contributed by atoms with van der Waals surface area (Å²) in [6.45, 7) is 5.76. The van der Waals surface area contributed by atoms with Crippen LogP contribution in [0.25, 0.3) is 10.2 Å². The molecule has 0 saturated heterocycles. The summed E-state index contributed by atoms with van der Waals surface area (Å²) in [7, 11) is -2.09. The fourth-order valence-electron chi connectivity index (χ4n) is 3.60. The second-order valence-electron chi connectivity index (χ2n) is 7.89. The molecule has 3 aromatic rings. The fourth-order valence-corrected chi connectivity index (χ4v) is 5.39. The van der Waals surface area contributed by atoms with Crippen LogP contribution in [0.5, 0.6) is 0 Å². The number of primary sulfonamides is 1. The summed E-state index contributed by atoms with van der Waals surface area (Å²) in [6.07, 6.45) is 2.25. The van der Waals surface area contributed by atoms with Gasteiger partial charge in [0.2, 0.25) is 10.0 Å². The lowest BCUT2D eigenvalue weighted by molar-refractivity contribution is 0.0747. The monoisotopic (exact) mass is 444 g/mol. The van der Waals surface area contributed by atoms with E-state index in [0.29, 0.717) is 16.4 Å². The second-order valence-corrected chi connectivity index (χ2v) is 10.4. The lowest BCUT2D eigenvalue weighted by Gasteiger charge is -2.25. The third kappa shape index (κ3) is 3.73. The number of rotatable bonds is 5. The van der Waals surface area contributed by atoms with Crippen molar-refractivity contribution in [3.8, 4) is 0 Å². The van der Waals surface area contributed by atoms with Crippen molar-refractivity contribution in [2.24, 2.45) is 5.14 Å². The lowest BCUT2D eigenvalue weighted by atomic mass is 10.1. The van der Waals surface area contributed by atoms with Gasteiger partial charge in [0.05, 0.1) is 21.5 Å². The van der Waals surface area contributed by atoms with Crippen LogP contribution < -0.4 is 5.14 Å². The zero-order valence-electron chi connectivity index (χ0n) is 17.3. The van der Waals surface area contributed by atoms with Crippen molar-refractivity contribution in [1.29, 1.82) is 0 Å². The Morgan fingerprint density at radius 3 is 2.60 bits per heavy atom. The largest absolute Gasteiger partial charge is 0.334 e. The Labute approximate surface area is 180 Å². The van der Waals surface area contributed by atoms with Crippen LogP contribution in [0.1, 0.15) is 64.0 Å². The number of aryl methyl sites for hydroxylation is 2. The lowest BCUT2D eigenvalue weighted by Crippen LogP contribution is -2.29.